The molecule has 0 spiro atoms. The Labute approximate surface area is 506 Å². The number of esters is 1. The van der Waals surface area contributed by atoms with Crippen molar-refractivity contribution >= 4 is 19.7 Å². The molecule has 1 N–H and O–H groups in total. The van der Waals surface area contributed by atoms with Crippen LogP contribution in [0.25, 0.3) is 0 Å². The van der Waals surface area contributed by atoms with Crippen LogP contribution in [-0.2, 0) is 27.9 Å². The lowest BCUT2D eigenvalue weighted by Gasteiger charge is -2.30. The largest absolute Gasteiger partial charge is 0.756 e. The smallest absolute Gasteiger partial charge is 0.306 e. The van der Waals surface area contributed by atoms with Gasteiger partial charge in [0, 0.05) is 12.8 Å². The number of unbranched alkanes of at least 4 members (excludes halogenated alkanes) is 28. The molecule has 3 unspecified atom stereocenters. The van der Waals surface area contributed by atoms with Crippen LogP contribution in [-0.4, -0.2) is 69.4 Å². The third-order valence-electron chi connectivity index (χ3n) is 14.4. The zero-order valence-corrected chi connectivity index (χ0v) is 54.8. The van der Waals surface area contributed by atoms with Gasteiger partial charge >= 0.3 is 5.97 Å². The van der Waals surface area contributed by atoms with Gasteiger partial charge in [0.1, 0.15) is 19.3 Å². The van der Waals surface area contributed by atoms with Gasteiger partial charge in [-0.2, -0.15) is 0 Å². The molecular formula is C72H127N2O7P. The number of nitrogens with one attached hydrogen (secondary N) is 1. The molecule has 0 aromatic heterocycles. The molecule has 0 aromatic carbocycles. The summed E-state index contributed by atoms with van der Waals surface area (Å²) < 4.78 is 30.4. The number of carbonyl (C=O) groups excluding carboxylic acids is 2. The first-order valence-corrected chi connectivity index (χ1v) is 35.2. The summed E-state index contributed by atoms with van der Waals surface area (Å²) in [7, 11) is 1.16. The van der Waals surface area contributed by atoms with Crippen molar-refractivity contribution in [1.82, 2.24) is 5.32 Å². The van der Waals surface area contributed by atoms with E-state index in [0.29, 0.717) is 23.9 Å². The molecule has 10 heteroatoms. The number of quaternary nitrogens is 1. The van der Waals surface area contributed by atoms with Crippen LogP contribution in [0.4, 0.5) is 0 Å². The highest BCUT2D eigenvalue weighted by Crippen LogP contribution is 2.38. The Hall–Kier alpha value is -3.33. The van der Waals surface area contributed by atoms with E-state index in [1.54, 1.807) is 0 Å². The molecule has 0 aliphatic carbocycles. The summed E-state index contributed by atoms with van der Waals surface area (Å²) >= 11 is 0. The number of amides is 1. The standard InChI is InChI=1S/C72H127N2O7P/c1-7-10-13-16-19-22-25-28-30-32-33-34-35-36-37-38-39-40-41-43-44-46-49-52-55-58-61-64-71(75)73-69(68-80-82(77,78)79-67-66-74(4,5)6)70(63-60-57-54-51-48-27-24-21-18-15-12-9-3)81-72(76)65-62-59-56-53-50-47-45-42-31-29-26-23-20-17-14-11-8-2/h10,13,19-20,22-23,28-31,33-34,36-37,45,47,60,63,69-70H,7-9,11-12,14-18,21,24-27,32,35,38-44,46,48-59,61-62,64-68H2,1-6H3,(H-,73,75,77,78)/b13-10-,22-19-,23-20-,30-28-,31-29-,34-33-,37-36-,47-45-,63-60-. The molecule has 82 heavy (non-hydrogen) atoms. The minimum Gasteiger partial charge on any atom is -0.756 e. The average Bonchev–Trinajstić information content (AvgIpc) is 3.47. The Kier molecular flexibility index (Phi) is 58.3. The van der Waals surface area contributed by atoms with Crippen molar-refractivity contribution in [3.8, 4) is 0 Å². The first-order valence-electron chi connectivity index (χ1n) is 33.7. The van der Waals surface area contributed by atoms with Crippen molar-refractivity contribution in [3.05, 3.63) is 109 Å². The molecule has 472 valence electrons. The summed E-state index contributed by atoms with van der Waals surface area (Å²) in [5, 5.41) is 3.03. The Morgan fingerprint density at radius 3 is 1.20 bits per heavy atom. The number of nitrogens with zero attached hydrogens (tertiary/aromatic N) is 1. The summed E-state index contributed by atoms with van der Waals surface area (Å²) in [6.07, 6.45) is 83.4. The number of phosphoric ester groups is 1. The third kappa shape index (κ3) is 61.2. The van der Waals surface area contributed by atoms with Crippen LogP contribution in [0.1, 0.15) is 284 Å². The van der Waals surface area contributed by atoms with Crippen LogP contribution >= 0.6 is 7.82 Å². The quantitative estimate of drug-likeness (QED) is 0.0212. The number of likely N-dealkylation sites (N-methyl/N-ethyl adjacent to an activating group) is 1. The van der Waals surface area contributed by atoms with Crippen LogP contribution in [0.2, 0.25) is 0 Å². The number of carbonyl (C=O) groups is 2. The number of hydrogen-bond donors (Lipinski definition) is 1. The maximum atomic E-state index is 13.6. The molecule has 9 nitrogen and oxygen atoms in total. The van der Waals surface area contributed by atoms with Crippen molar-refractivity contribution in [2.75, 3.05) is 40.9 Å². The van der Waals surface area contributed by atoms with Crippen LogP contribution < -0.4 is 10.2 Å². The van der Waals surface area contributed by atoms with Gasteiger partial charge in [-0.05, 0) is 115 Å². The zero-order valence-electron chi connectivity index (χ0n) is 53.9. The molecule has 0 radical (unpaired) electrons. The number of ether oxygens (including phenoxy) is 1. The van der Waals surface area contributed by atoms with Crippen molar-refractivity contribution in [1.29, 1.82) is 0 Å². The predicted molar refractivity (Wildman–Crippen MR) is 353 cm³/mol. The molecule has 0 rings (SSSR count). The molecule has 3 atom stereocenters. The van der Waals surface area contributed by atoms with Gasteiger partial charge in [0.15, 0.2) is 0 Å². The van der Waals surface area contributed by atoms with Crippen molar-refractivity contribution in [3.63, 3.8) is 0 Å². The van der Waals surface area contributed by atoms with Gasteiger partial charge in [-0.1, -0.05) is 265 Å². The fourth-order valence-corrected chi connectivity index (χ4v) is 9.98. The highest BCUT2D eigenvalue weighted by Gasteiger charge is 2.27. The minimum atomic E-state index is -4.71. The fourth-order valence-electron chi connectivity index (χ4n) is 9.26. The van der Waals surface area contributed by atoms with Gasteiger partial charge in [-0.3, -0.25) is 14.2 Å². The van der Waals surface area contributed by atoms with Gasteiger partial charge in [-0.25, -0.2) is 0 Å². The normalized spacial score (nSPS) is 14.3. The fraction of sp³-hybridized carbons (Fsp3) is 0.722. The second-order valence-corrected chi connectivity index (χ2v) is 25.0. The number of allylic oxidation sites excluding steroid dienone is 17. The van der Waals surface area contributed by atoms with E-state index in [0.717, 1.165) is 122 Å². The number of hydrogen-bond acceptors (Lipinski definition) is 7. The van der Waals surface area contributed by atoms with E-state index in [1.807, 2.05) is 33.3 Å². The van der Waals surface area contributed by atoms with Crippen molar-refractivity contribution in [2.24, 2.45) is 0 Å². The van der Waals surface area contributed by atoms with Crippen LogP contribution in [0.3, 0.4) is 0 Å². The van der Waals surface area contributed by atoms with Crippen LogP contribution in [0.5, 0.6) is 0 Å². The van der Waals surface area contributed by atoms with Crippen LogP contribution in [0, 0.1) is 0 Å². The predicted octanol–water partition coefficient (Wildman–Crippen LogP) is 20.7. The molecule has 0 heterocycles. The highest BCUT2D eigenvalue weighted by molar-refractivity contribution is 7.45. The van der Waals surface area contributed by atoms with E-state index >= 15 is 0 Å². The Morgan fingerprint density at radius 1 is 0.439 bits per heavy atom. The van der Waals surface area contributed by atoms with E-state index in [9.17, 15) is 19.0 Å². The van der Waals surface area contributed by atoms with E-state index in [1.165, 1.54) is 122 Å². The third-order valence-corrected chi connectivity index (χ3v) is 15.4. The first-order chi connectivity index (χ1) is 39.9. The summed E-state index contributed by atoms with van der Waals surface area (Å²) in [6.45, 7) is 6.69. The Balaban J connectivity index is 5.13. The van der Waals surface area contributed by atoms with Gasteiger partial charge in [-0.15, -0.1) is 0 Å². The Morgan fingerprint density at radius 2 is 0.780 bits per heavy atom. The molecule has 0 bridgehead atoms. The molecule has 0 aliphatic heterocycles. The van der Waals surface area contributed by atoms with E-state index in [-0.39, 0.29) is 24.9 Å². The Bertz CT molecular complexity index is 1770. The molecule has 0 fully saturated rings. The zero-order chi connectivity index (χ0) is 60.0. The van der Waals surface area contributed by atoms with Gasteiger partial charge < -0.3 is 28.5 Å². The van der Waals surface area contributed by atoms with E-state index < -0.39 is 26.6 Å². The lowest BCUT2D eigenvalue weighted by atomic mass is 10.0. The minimum absolute atomic E-state index is 0.0313. The lowest BCUT2D eigenvalue weighted by molar-refractivity contribution is -0.870. The molecule has 0 saturated heterocycles. The molecule has 1 amide bonds. The monoisotopic (exact) mass is 1160 g/mol. The molecule has 0 saturated carbocycles. The second kappa shape index (κ2) is 60.8. The van der Waals surface area contributed by atoms with E-state index in [2.05, 4.69) is 123 Å². The number of rotatable bonds is 60. The van der Waals surface area contributed by atoms with Gasteiger partial charge in [0.05, 0.1) is 33.8 Å². The van der Waals surface area contributed by atoms with Crippen molar-refractivity contribution < 1.29 is 37.3 Å². The summed E-state index contributed by atoms with van der Waals surface area (Å²) in [5.74, 6) is -0.571. The van der Waals surface area contributed by atoms with Gasteiger partial charge in [0.2, 0.25) is 5.91 Å². The molecule has 0 aromatic rings. The maximum Gasteiger partial charge on any atom is 0.306 e. The second-order valence-electron chi connectivity index (χ2n) is 23.6. The average molecular weight is 1160 g/mol. The van der Waals surface area contributed by atoms with Crippen LogP contribution in [0.15, 0.2) is 109 Å². The van der Waals surface area contributed by atoms with Crippen molar-refractivity contribution in [2.45, 2.75) is 296 Å². The number of phosphoric acid groups is 1. The SMILES string of the molecule is CC/C=C\C/C=C\C/C=C\C/C=C\C/C=C\CCCCCCCCCCCCCC(=O)NC(COP(=O)([O-])OCC[N+](C)(C)C)C(/C=C\CCCCCCCCCCCC)OC(=O)CCCCCC/C=C\C/C=C\C/C=C\CCCCC. The van der Waals surface area contributed by atoms with Gasteiger partial charge in [0.25, 0.3) is 7.82 Å². The summed E-state index contributed by atoms with van der Waals surface area (Å²) in [6, 6.07) is -0.906. The maximum absolute atomic E-state index is 13.6. The topological polar surface area (TPSA) is 114 Å². The summed E-state index contributed by atoms with van der Waals surface area (Å²) in [5.41, 5.74) is 0. The first kappa shape index (κ1) is 78.7. The molecular weight excluding hydrogens is 1040 g/mol. The highest BCUT2D eigenvalue weighted by atomic mass is 31.2. The molecule has 0 aliphatic rings. The lowest BCUT2D eigenvalue weighted by Crippen LogP contribution is -2.47. The van der Waals surface area contributed by atoms with E-state index in [4.69, 9.17) is 13.8 Å². The summed E-state index contributed by atoms with van der Waals surface area (Å²) in [4.78, 5) is 40.1.